The van der Waals surface area contributed by atoms with Gasteiger partial charge in [0.05, 0.1) is 11.4 Å². The highest BCUT2D eigenvalue weighted by Gasteiger charge is 2.21. The summed E-state index contributed by atoms with van der Waals surface area (Å²) >= 11 is 8.71. The summed E-state index contributed by atoms with van der Waals surface area (Å²) in [6.07, 6.45) is 0. The molecular weight excluding hydrogens is 502 g/mol. The van der Waals surface area contributed by atoms with Crippen LogP contribution < -0.4 is 5.32 Å². The van der Waals surface area contributed by atoms with E-state index in [2.05, 4.69) is 31.4 Å². The molecule has 164 valence electrons. The maximum atomic E-state index is 12.6. The Labute approximate surface area is 194 Å². The number of carbonyl (C=O) groups excluding carboxylic acids is 1. The van der Waals surface area contributed by atoms with Crippen LogP contribution in [0.15, 0.2) is 57.9 Å². The Morgan fingerprint density at radius 1 is 1.13 bits per heavy atom. The molecule has 3 aromatic rings. The first-order valence-corrected chi connectivity index (χ1v) is 12.2. The fraction of sp³-hybridized carbons (Fsp3) is 0.250. The predicted molar refractivity (Wildman–Crippen MR) is 124 cm³/mol. The van der Waals surface area contributed by atoms with E-state index in [-0.39, 0.29) is 17.3 Å². The van der Waals surface area contributed by atoms with Crippen molar-refractivity contribution in [2.75, 3.05) is 13.1 Å². The molecule has 1 aromatic heterocycles. The minimum absolute atomic E-state index is 0.140. The van der Waals surface area contributed by atoms with Crippen molar-refractivity contribution in [2.24, 2.45) is 0 Å². The molecule has 0 aliphatic carbocycles. The molecule has 0 saturated carbocycles. The molecule has 0 fully saturated rings. The summed E-state index contributed by atoms with van der Waals surface area (Å²) in [5.41, 5.74) is 1.17. The van der Waals surface area contributed by atoms with Crippen LogP contribution in [0.2, 0.25) is 0 Å². The molecule has 0 saturated heterocycles. The first-order chi connectivity index (χ1) is 14.8. The van der Waals surface area contributed by atoms with E-state index in [0.717, 1.165) is 10.2 Å². The smallest absolute Gasteiger partial charge is 0.251 e. The van der Waals surface area contributed by atoms with E-state index in [1.54, 1.807) is 18.4 Å². The van der Waals surface area contributed by atoms with Gasteiger partial charge in [-0.1, -0.05) is 29.8 Å². The van der Waals surface area contributed by atoms with Gasteiger partial charge in [0.1, 0.15) is 0 Å². The number of amides is 1. The monoisotopic (exact) mass is 523 g/mol. The summed E-state index contributed by atoms with van der Waals surface area (Å²) in [7, 11) is -3.57. The van der Waals surface area contributed by atoms with Gasteiger partial charge in [0.2, 0.25) is 10.0 Å². The molecule has 2 N–H and O–H groups in total. The predicted octanol–water partition coefficient (Wildman–Crippen LogP) is 3.65. The largest absolute Gasteiger partial charge is 0.345 e. The van der Waals surface area contributed by atoms with Crippen LogP contribution in [0.4, 0.5) is 0 Å². The second-order valence-electron chi connectivity index (χ2n) is 6.55. The molecule has 2 aromatic carbocycles. The molecule has 0 atom stereocenters. The highest BCUT2D eigenvalue weighted by Crippen LogP contribution is 2.17. The molecule has 8 nitrogen and oxygen atoms in total. The van der Waals surface area contributed by atoms with E-state index in [4.69, 9.17) is 12.2 Å². The van der Waals surface area contributed by atoms with Gasteiger partial charge in [0.15, 0.2) is 10.6 Å². The number of H-pyrrole nitrogens is 1. The lowest BCUT2D eigenvalue weighted by Crippen LogP contribution is -2.30. The fourth-order valence-electron chi connectivity index (χ4n) is 3.06. The van der Waals surface area contributed by atoms with Gasteiger partial charge < -0.3 is 5.32 Å². The lowest BCUT2D eigenvalue weighted by molar-refractivity contribution is 0.0949. The topological polar surface area (TPSA) is 100 Å². The van der Waals surface area contributed by atoms with E-state index in [1.165, 1.54) is 28.6 Å². The number of rotatable bonds is 8. The molecule has 0 spiro atoms. The normalized spacial score (nSPS) is 11.6. The van der Waals surface area contributed by atoms with Gasteiger partial charge in [-0.25, -0.2) is 8.42 Å². The zero-order valence-corrected chi connectivity index (χ0v) is 20.2. The number of carbonyl (C=O) groups is 1. The molecule has 0 radical (unpaired) electrons. The third-order valence-electron chi connectivity index (χ3n) is 4.69. The quantitative estimate of drug-likeness (QED) is 0.439. The molecule has 1 amide bonds. The lowest BCUT2D eigenvalue weighted by atomic mass is 10.2. The summed E-state index contributed by atoms with van der Waals surface area (Å²) in [6, 6.07) is 13.4. The van der Waals surface area contributed by atoms with Crippen molar-refractivity contribution in [3.05, 3.63) is 69.2 Å². The van der Waals surface area contributed by atoms with E-state index in [9.17, 15) is 13.2 Å². The van der Waals surface area contributed by atoms with Crippen molar-refractivity contribution >= 4 is 44.1 Å². The summed E-state index contributed by atoms with van der Waals surface area (Å²) in [5, 5.41) is 9.74. The van der Waals surface area contributed by atoms with Crippen LogP contribution in [0.1, 0.15) is 30.0 Å². The minimum atomic E-state index is -3.57. The molecular formula is C20H22BrN5O3S2. The molecule has 3 rings (SSSR count). The van der Waals surface area contributed by atoms with Gasteiger partial charge in [-0.3, -0.25) is 14.5 Å². The average Bonchev–Trinajstić information content (AvgIpc) is 3.13. The Hall–Kier alpha value is -2.34. The van der Waals surface area contributed by atoms with Gasteiger partial charge in [0, 0.05) is 28.8 Å². The van der Waals surface area contributed by atoms with E-state index in [1.807, 2.05) is 24.3 Å². The molecule has 0 bridgehead atoms. The molecule has 0 aliphatic heterocycles. The van der Waals surface area contributed by atoms with Crippen LogP contribution >= 0.6 is 28.1 Å². The number of benzene rings is 2. The van der Waals surface area contributed by atoms with Crippen LogP contribution in [0.25, 0.3) is 5.69 Å². The van der Waals surface area contributed by atoms with Gasteiger partial charge in [-0.05, 0) is 60.7 Å². The number of halogens is 1. The SMILES string of the molecule is CCN(CC)S(=O)(=O)c1ccc(C(=O)NCc2n[nH]c(=S)n2-c2ccc(Br)cc2)cc1. The second-order valence-corrected chi connectivity index (χ2v) is 9.79. The Morgan fingerprint density at radius 3 is 2.32 bits per heavy atom. The number of nitrogens with one attached hydrogen (secondary N) is 2. The van der Waals surface area contributed by atoms with Gasteiger partial charge in [-0.2, -0.15) is 9.40 Å². The van der Waals surface area contributed by atoms with Gasteiger partial charge >= 0.3 is 0 Å². The number of sulfonamides is 1. The van der Waals surface area contributed by atoms with Crippen molar-refractivity contribution in [3.63, 3.8) is 0 Å². The molecule has 1 heterocycles. The van der Waals surface area contributed by atoms with E-state index < -0.39 is 10.0 Å². The zero-order chi connectivity index (χ0) is 22.6. The maximum absolute atomic E-state index is 12.6. The van der Waals surface area contributed by atoms with Crippen molar-refractivity contribution in [1.82, 2.24) is 24.4 Å². The Bertz CT molecular complexity index is 1210. The standard InChI is InChI=1S/C20H22BrN5O3S2/c1-3-25(4-2)31(28,29)17-11-5-14(6-12-17)19(27)22-13-18-23-24-20(30)26(18)16-9-7-15(21)8-10-16/h5-12H,3-4,13H2,1-2H3,(H,22,27)(H,24,30). The van der Waals surface area contributed by atoms with Crippen LogP contribution in [0.5, 0.6) is 0 Å². The summed E-state index contributed by atoms with van der Waals surface area (Å²) in [4.78, 5) is 12.7. The number of hydrogen-bond acceptors (Lipinski definition) is 5. The molecule has 0 aliphatic rings. The zero-order valence-electron chi connectivity index (χ0n) is 17.0. The third-order valence-corrected chi connectivity index (χ3v) is 7.56. The number of aromatic nitrogens is 3. The second kappa shape index (κ2) is 9.86. The Kier molecular flexibility index (Phi) is 7.42. The van der Waals surface area contributed by atoms with Crippen molar-refractivity contribution in [1.29, 1.82) is 0 Å². The Morgan fingerprint density at radius 2 is 1.74 bits per heavy atom. The van der Waals surface area contributed by atoms with E-state index in [0.29, 0.717) is 29.2 Å². The van der Waals surface area contributed by atoms with Crippen molar-refractivity contribution in [3.8, 4) is 5.69 Å². The highest BCUT2D eigenvalue weighted by atomic mass is 79.9. The van der Waals surface area contributed by atoms with Gasteiger partial charge in [-0.15, -0.1) is 0 Å². The van der Waals surface area contributed by atoms with E-state index >= 15 is 0 Å². The molecule has 0 unspecified atom stereocenters. The molecule has 11 heteroatoms. The summed E-state index contributed by atoms with van der Waals surface area (Å²) < 4.78 is 29.6. The van der Waals surface area contributed by atoms with Crippen molar-refractivity contribution in [2.45, 2.75) is 25.3 Å². The maximum Gasteiger partial charge on any atom is 0.251 e. The number of aromatic amines is 1. The highest BCUT2D eigenvalue weighted by molar-refractivity contribution is 9.10. The third kappa shape index (κ3) is 5.12. The minimum Gasteiger partial charge on any atom is -0.345 e. The fourth-order valence-corrected chi connectivity index (χ4v) is 5.04. The summed E-state index contributed by atoms with van der Waals surface area (Å²) in [5.74, 6) is 0.199. The first-order valence-electron chi connectivity index (χ1n) is 9.58. The Balaban J connectivity index is 1.74. The number of hydrogen-bond donors (Lipinski definition) is 2. The average molecular weight is 524 g/mol. The number of nitrogens with zero attached hydrogens (tertiary/aromatic N) is 3. The van der Waals surface area contributed by atoms with Crippen LogP contribution in [0, 0.1) is 4.77 Å². The van der Waals surface area contributed by atoms with Crippen molar-refractivity contribution < 1.29 is 13.2 Å². The van der Waals surface area contributed by atoms with Crippen LogP contribution in [0.3, 0.4) is 0 Å². The van der Waals surface area contributed by atoms with Crippen LogP contribution in [-0.2, 0) is 16.6 Å². The lowest BCUT2D eigenvalue weighted by Gasteiger charge is -2.18. The summed E-state index contributed by atoms with van der Waals surface area (Å²) in [6.45, 7) is 4.48. The molecule has 31 heavy (non-hydrogen) atoms. The van der Waals surface area contributed by atoms with Gasteiger partial charge in [0.25, 0.3) is 5.91 Å². The first kappa shape index (κ1) is 23.3. The van der Waals surface area contributed by atoms with Crippen LogP contribution in [-0.4, -0.2) is 46.5 Å².